The van der Waals surface area contributed by atoms with Crippen molar-refractivity contribution in [2.45, 2.75) is 30.4 Å². The van der Waals surface area contributed by atoms with Gasteiger partial charge in [0, 0.05) is 15.8 Å². The Labute approximate surface area is 211 Å². The van der Waals surface area contributed by atoms with Crippen LogP contribution in [0.5, 0.6) is 5.75 Å². The highest BCUT2D eigenvalue weighted by Gasteiger charge is 2.19. The Kier molecular flexibility index (Phi) is 9.31. The van der Waals surface area contributed by atoms with Crippen LogP contribution in [0.1, 0.15) is 18.3 Å². The van der Waals surface area contributed by atoms with Gasteiger partial charge in [0.2, 0.25) is 0 Å². The lowest BCUT2D eigenvalue weighted by atomic mass is 10.2. The molecule has 1 atom stereocenters. The fraction of sp³-hybridized carbons (Fsp3) is 0.217. The van der Waals surface area contributed by atoms with Gasteiger partial charge in [-0.05, 0) is 83.6 Å². The molecule has 0 bridgehead atoms. The number of hydrogen-bond acceptors (Lipinski definition) is 7. The standard InChI is InChI=1S/C23H25IN6O2S/c1-4-13-30-21(15-25-19-9-7-18(24)8-10-19)27-29-23(30)33-16(2)22(31)28-26-14-17-5-11-20(32-3)12-6-17/h4-12,14,16,25H,1,13,15H2,2-3H3,(H,28,31)/b26-14-/t16-/m0/s1. The number of nitrogens with zero attached hydrogens (tertiary/aromatic N) is 4. The summed E-state index contributed by atoms with van der Waals surface area (Å²) in [5.41, 5.74) is 4.43. The minimum atomic E-state index is -0.414. The second kappa shape index (κ2) is 12.4. The number of carbonyl (C=O) groups is 1. The number of amides is 1. The summed E-state index contributed by atoms with van der Waals surface area (Å²) < 4.78 is 8.25. The van der Waals surface area contributed by atoms with E-state index in [1.54, 1.807) is 26.3 Å². The monoisotopic (exact) mass is 576 g/mol. The van der Waals surface area contributed by atoms with Gasteiger partial charge in [0.15, 0.2) is 11.0 Å². The molecule has 0 aliphatic heterocycles. The summed E-state index contributed by atoms with van der Waals surface area (Å²) in [6.07, 6.45) is 3.37. The minimum absolute atomic E-state index is 0.225. The number of methoxy groups -OCH3 is 1. The van der Waals surface area contributed by atoms with Crippen LogP contribution >= 0.6 is 34.4 Å². The first-order chi connectivity index (χ1) is 16.0. The quantitative estimate of drug-likeness (QED) is 0.116. The maximum absolute atomic E-state index is 12.5. The van der Waals surface area contributed by atoms with Crippen LogP contribution in [0.4, 0.5) is 5.69 Å². The molecule has 3 rings (SSSR count). The lowest BCUT2D eigenvalue weighted by molar-refractivity contribution is -0.120. The maximum atomic E-state index is 12.5. The van der Waals surface area contributed by atoms with Crippen molar-refractivity contribution in [1.29, 1.82) is 0 Å². The molecule has 1 aromatic heterocycles. The summed E-state index contributed by atoms with van der Waals surface area (Å²) in [5.74, 6) is 1.30. The molecule has 0 radical (unpaired) electrons. The fourth-order valence-electron chi connectivity index (χ4n) is 2.76. The van der Waals surface area contributed by atoms with Crippen LogP contribution in [0.3, 0.4) is 0 Å². The number of hydrazone groups is 1. The molecule has 10 heteroatoms. The van der Waals surface area contributed by atoms with Crippen LogP contribution in [-0.4, -0.2) is 39.2 Å². The van der Waals surface area contributed by atoms with Gasteiger partial charge in [-0.25, -0.2) is 5.43 Å². The van der Waals surface area contributed by atoms with Gasteiger partial charge in [0.25, 0.3) is 5.91 Å². The highest BCUT2D eigenvalue weighted by atomic mass is 127. The van der Waals surface area contributed by atoms with Crippen LogP contribution in [-0.2, 0) is 17.9 Å². The van der Waals surface area contributed by atoms with Gasteiger partial charge in [-0.2, -0.15) is 5.10 Å². The molecule has 0 unspecified atom stereocenters. The fourth-order valence-corrected chi connectivity index (χ4v) is 3.99. The first-order valence-electron chi connectivity index (χ1n) is 10.2. The lowest BCUT2D eigenvalue weighted by Crippen LogP contribution is -2.27. The third-order valence-electron chi connectivity index (χ3n) is 4.56. The summed E-state index contributed by atoms with van der Waals surface area (Å²) in [7, 11) is 1.61. The molecule has 33 heavy (non-hydrogen) atoms. The zero-order valence-electron chi connectivity index (χ0n) is 18.4. The molecule has 172 valence electrons. The summed E-state index contributed by atoms with van der Waals surface area (Å²) in [5, 5.41) is 16.2. The van der Waals surface area contributed by atoms with Gasteiger partial charge in [0.05, 0.1) is 25.1 Å². The van der Waals surface area contributed by atoms with E-state index < -0.39 is 5.25 Å². The van der Waals surface area contributed by atoms with Crippen LogP contribution in [0.25, 0.3) is 0 Å². The molecule has 8 nitrogen and oxygen atoms in total. The number of halogens is 1. The van der Waals surface area contributed by atoms with E-state index in [0.717, 1.165) is 22.8 Å². The Morgan fingerprint density at radius 3 is 2.64 bits per heavy atom. The number of ether oxygens (including phenoxy) is 1. The van der Waals surface area contributed by atoms with Crippen molar-refractivity contribution in [3.8, 4) is 5.75 Å². The zero-order chi connectivity index (χ0) is 23.6. The zero-order valence-corrected chi connectivity index (χ0v) is 21.3. The highest BCUT2D eigenvalue weighted by molar-refractivity contribution is 14.1. The van der Waals surface area contributed by atoms with Gasteiger partial charge in [-0.1, -0.05) is 17.8 Å². The minimum Gasteiger partial charge on any atom is -0.497 e. The molecule has 1 amide bonds. The lowest BCUT2D eigenvalue weighted by Gasteiger charge is -2.12. The molecular weight excluding hydrogens is 551 g/mol. The van der Waals surface area contributed by atoms with Gasteiger partial charge in [0.1, 0.15) is 5.75 Å². The molecule has 0 saturated carbocycles. The second-order valence-electron chi connectivity index (χ2n) is 6.93. The van der Waals surface area contributed by atoms with Crippen molar-refractivity contribution in [2.75, 3.05) is 12.4 Å². The molecule has 0 fully saturated rings. The molecule has 0 aliphatic carbocycles. The topological polar surface area (TPSA) is 93.4 Å². The number of benzene rings is 2. The Bertz CT molecular complexity index is 1100. The summed E-state index contributed by atoms with van der Waals surface area (Å²) in [6.45, 7) is 6.69. The first-order valence-corrected chi connectivity index (χ1v) is 12.1. The number of hydrogen-bond donors (Lipinski definition) is 2. The number of allylic oxidation sites excluding steroid dienone is 1. The molecule has 2 N–H and O–H groups in total. The van der Waals surface area contributed by atoms with Crippen molar-refractivity contribution in [3.63, 3.8) is 0 Å². The third kappa shape index (κ3) is 7.32. The second-order valence-corrected chi connectivity index (χ2v) is 9.48. The van der Waals surface area contributed by atoms with Gasteiger partial charge >= 0.3 is 0 Å². The van der Waals surface area contributed by atoms with E-state index in [4.69, 9.17) is 4.74 Å². The van der Waals surface area contributed by atoms with E-state index in [-0.39, 0.29) is 5.91 Å². The number of carbonyl (C=O) groups excluding carboxylic acids is 1. The van der Waals surface area contributed by atoms with Gasteiger partial charge < -0.3 is 14.6 Å². The molecule has 0 saturated heterocycles. The van der Waals surface area contributed by atoms with Crippen molar-refractivity contribution < 1.29 is 9.53 Å². The van der Waals surface area contributed by atoms with Crippen molar-refractivity contribution in [3.05, 3.63) is 76.1 Å². The van der Waals surface area contributed by atoms with E-state index in [9.17, 15) is 4.79 Å². The highest BCUT2D eigenvalue weighted by Crippen LogP contribution is 2.23. The molecular formula is C23H25IN6O2S. The predicted molar refractivity (Wildman–Crippen MR) is 141 cm³/mol. The number of rotatable bonds is 11. The van der Waals surface area contributed by atoms with E-state index >= 15 is 0 Å². The summed E-state index contributed by atoms with van der Waals surface area (Å²) in [6, 6.07) is 15.5. The molecule has 1 heterocycles. The third-order valence-corrected chi connectivity index (χ3v) is 6.36. The Hall–Kier alpha value is -2.86. The van der Waals surface area contributed by atoms with Gasteiger partial charge in [-0.15, -0.1) is 16.8 Å². The number of aromatic nitrogens is 3. The molecule has 0 spiro atoms. The number of nitrogens with one attached hydrogen (secondary N) is 2. The molecule has 3 aromatic rings. The average molecular weight is 576 g/mol. The Balaban J connectivity index is 1.58. The van der Waals surface area contributed by atoms with Crippen LogP contribution < -0.4 is 15.5 Å². The first kappa shape index (κ1) is 24.8. The Morgan fingerprint density at radius 2 is 1.97 bits per heavy atom. The predicted octanol–water partition coefficient (Wildman–Crippen LogP) is 4.32. The van der Waals surface area contributed by atoms with Crippen molar-refractivity contribution in [2.24, 2.45) is 5.10 Å². The van der Waals surface area contributed by atoms with E-state index in [1.165, 1.54) is 15.3 Å². The largest absolute Gasteiger partial charge is 0.497 e. The number of thioether (sulfide) groups is 1. The van der Waals surface area contributed by atoms with Crippen molar-refractivity contribution in [1.82, 2.24) is 20.2 Å². The molecule has 0 aliphatic rings. The summed E-state index contributed by atoms with van der Waals surface area (Å²) >= 11 is 3.60. The number of anilines is 1. The average Bonchev–Trinajstić information content (AvgIpc) is 3.20. The van der Waals surface area contributed by atoms with Crippen molar-refractivity contribution >= 4 is 52.2 Å². The maximum Gasteiger partial charge on any atom is 0.253 e. The summed E-state index contributed by atoms with van der Waals surface area (Å²) in [4.78, 5) is 12.5. The molecule has 2 aromatic carbocycles. The van der Waals surface area contributed by atoms with Crippen LogP contribution in [0.2, 0.25) is 0 Å². The smallest absolute Gasteiger partial charge is 0.253 e. The normalized spacial score (nSPS) is 11.8. The van der Waals surface area contributed by atoms with E-state index in [1.807, 2.05) is 53.1 Å². The van der Waals surface area contributed by atoms with Gasteiger partial charge in [-0.3, -0.25) is 4.79 Å². The van der Waals surface area contributed by atoms with Crippen LogP contribution in [0, 0.1) is 3.57 Å². The SMILES string of the molecule is C=CCn1c(CNc2ccc(I)cc2)nnc1S[C@@H](C)C(=O)N/N=C\c1ccc(OC)cc1. The van der Waals surface area contributed by atoms with Crippen LogP contribution in [0.15, 0.2) is 71.4 Å². The van der Waals surface area contributed by atoms with E-state index in [2.05, 4.69) is 55.2 Å². The Morgan fingerprint density at radius 1 is 1.24 bits per heavy atom. The van der Waals surface area contributed by atoms with E-state index in [0.29, 0.717) is 18.2 Å².